The Morgan fingerprint density at radius 3 is 2.72 bits per heavy atom. The van der Waals surface area contributed by atoms with Crippen molar-refractivity contribution < 1.29 is 19.1 Å². The number of carbonyl (C=O) groups is 2. The van der Waals surface area contributed by atoms with Crippen molar-refractivity contribution in [3.63, 3.8) is 0 Å². The lowest BCUT2D eigenvalue weighted by Gasteiger charge is -2.42. The standard InChI is InChI=1S/C29H28ClN7O4S2/c1-29(2)10-19-25(20(38)11-29)24(15-6-5-7-33-13-15)16(12-31)26(32)37(19)27-35-36-28(43-27)42-14-23(39)34-18-8-17(30)21(40-3)9-22(18)41-4/h5-9,13,24H,10-11,14,32H2,1-4H3,(H,34,39). The Hall–Kier alpha value is -4.12. The first-order valence-electron chi connectivity index (χ1n) is 13.1. The van der Waals surface area contributed by atoms with Gasteiger partial charge in [0.05, 0.1) is 48.2 Å². The number of aromatic nitrogens is 3. The van der Waals surface area contributed by atoms with Crippen molar-refractivity contribution in [3.05, 3.63) is 69.9 Å². The number of ketones is 1. The van der Waals surface area contributed by atoms with Crippen molar-refractivity contribution in [1.82, 2.24) is 15.2 Å². The Bertz CT molecular complexity index is 1700. The number of Topliss-reactive ketones (excluding diaryl/α,β-unsaturated/α-hetero) is 1. The van der Waals surface area contributed by atoms with E-state index in [1.807, 2.05) is 19.9 Å². The van der Waals surface area contributed by atoms with Gasteiger partial charge in [-0.3, -0.25) is 19.5 Å². The second-order valence-electron chi connectivity index (χ2n) is 10.6. The van der Waals surface area contributed by atoms with Crippen LogP contribution in [0.2, 0.25) is 5.02 Å². The molecule has 3 N–H and O–H groups in total. The van der Waals surface area contributed by atoms with Gasteiger partial charge >= 0.3 is 0 Å². The average Bonchev–Trinajstić information content (AvgIpc) is 3.44. The van der Waals surface area contributed by atoms with E-state index in [2.05, 4.69) is 26.6 Å². The molecule has 0 spiro atoms. The smallest absolute Gasteiger partial charge is 0.234 e. The second kappa shape index (κ2) is 12.2. The second-order valence-corrected chi connectivity index (χ2v) is 13.2. The Morgan fingerprint density at radius 1 is 1.28 bits per heavy atom. The molecular weight excluding hydrogens is 610 g/mol. The van der Waals surface area contributed by atoms with Crippen molar-refractivity contribution in [2.75, 3.05) is 30.2 Å². The van der Waals surface area contributed by atoms with Crippen LogP contribution in [0.15, 0.2) is 63.7 Å². The molecule has 0 saturated heterocycles. The van der Waals surface area contributed by atoms with Crippen molar-refractivity contribution in [2.24, 2.45) is 11.1 Å². The Morgan fingerprint density at radius 2 is 2.05 bits per heavy atom. The number of hydrogen-bond acceptors (Lipinski definition) is 12. The molecule has 0 bridgehead atoms. The summed E-state index contributed by atoms with van der Waals surface area (Å²) < 4.78 is 11.1. The number of pyridine rings is 1. The summed E-state index contributed by atoms with van der Waals surface area (Å²) in [6, 6.07) is 9.00. The summed E-state index contributed by atoms with van der Waals surface area (Å²) in [6.07, 6.45) is 4.18. The van der Waals surface area contributed by atoms with Gasteiger partial charge in [0.15, 0.2) is 10.1 Å². The molecule has 1 aliphatic carbocycles. The zero-order valence-corrected chi connectivity index (χ0v) is 26.2. The molecule has 1 amide bonds. The number of nitriles is 1. The molecule has 3 aromatic rings. The van der Waals surface area contributed by atoms with Crippen LogP contribution in [0.5, 0.6) is 11.5 Å². The SMILES string of the molecule is COc1cc(OC)c(NC(=O)CSc2nnc(N3C(N)=C(C#N)C(c4cccnc4)C4=C3CC(C)(C)CC4=O)s2)cc1Cl. The molecule has 0 saturated carbocycles. The summed E-state index contributed by atoms with van der Waals surface area (Å²) in [4.78, 5) is 32.3. The predicted molar refractivity (Wildman–Crippen MR) is 165 cm³/mol. The summed E-state index contributed by atoms with van der Waals surface area (Å²) in [5.74, 6) is 0.0586. The van der Waals surface area contributed by atoms with Gasteiger partial charge in [-0.25, -0.2) is 0 Å². The highest BCUT2D eigenvalue weighted by Gasteiger charge is 2.45. The number of anilines is 2. The molecule has 5 rings (SSSR count). The fourth-order valence-electron chi connectivity index (χ4n) is 5.23. The summed E-state index contributed by atoms with van der Waals surface area (Å²) in [5.41, 5.74) is 8.92. The van der Waals surface area contributed by atoms with Crippen LogP contribution in [0.25, 0.3) is 0 Å². The number of nitrogens with two attached hydrogens (primary N) is 1. The molecule has 43 heavy (non-hydrogen) atoms. The van der Waals surface area contributed by atoms with E-state index in [1.165, 1.54) is 37.3 Å². The molecule has 0 fully saturated rings. The zero-order valence-electron chi connectivity index (χ0n) is 23.8. The fraction of sp³-hybridized carbons (Fsp3) is 0.310. The highest BCUT2D eigenvalue weighted by Crippen LogP contribution is 2.50. The maximum atomic E-state index is 13.6. The summed E-state index contributed by atoms with van der Waals surface area (Å²) in [6.45, 7) is 4.05. The number of methoxy groups -OCH3 is 2. The number of benzene rings is 1. The molecule has 11 nitrogen and oxygen atoms in total. The van der Waals surface area contributed by atoms with Crippen LogP contribution >= 0.6 is 34.7 Å². The molecule has 3 heterocycles. The number of halogens is 1. The third-order valence-electron chi connectivity index (χ3n) is 7.06. The van der Waals surface area contributed by atoms with Gasteiger partial charge in [-0.15, -0.1) is 10.2 Å². The molecule has 1 unspecified atom stereocenters. The summed E-state index contributed by atoms with van der Waals surface area (Å²) in [5, 5.41) is 22.4. The Balaban J connectivity index is 1.42. The Labute approximate surface area is 261 Å². The van der Waals surface area contributed by atoms with Crippen molar-refractivity contribution in [1.29, 1.82) is 5.26 Å². The average molecular weight is 638 g/mol. The number of carbonyl (C=O) groups excluding carboxylic acids is 2. The van der Waals surface area contributed by atoms with Gasteiger partial charge in [-0.1, -0.05) is 54.6 Å². The Kier molecular flexibility index (Phi) is 8.64. The normalized spacial score (nSPS) is 17.8. The van der Waals surface area contributed by atoms with E-state index < -0.39 is 5.92 Å². The van der Waals surface area contributed by atoms with E-state index in [-0.39, 0.29) is 34.3 Å². The van der Waals surface area contributed by atoms with Crippen molar-refractivity contribution in [3.8, 4) is 17.6 Å². The highest BCUT2D eigenvalue weighted by atomic mass is 35.5. The lowest BCUT2D eigenvalue weighted by molar-refractivity contribution is -0.118. The molecule has 1 aliphatic heterocycles. The highest BCUT2D eigenvalue weighted by molar-refractivity contribution is 8.01. The third kappa shape index (κ3) is 6.04. The van der Waals surface area contributed by atoms with Crippen LogP contribution < -0.4 is 25.4 Å². The fourth-order valence-corrected chi connectivity index (χ4v) is 7.15. The number of nitrogens with one attached hydrogen (secondary N) is 1. The summed E-state index contributed by atoms with van der Waals surface area (Å²) in [7, 11) is 2.97. The minimum atomic E-state index is -0.623. The number of rotatable bonds is 8. The van der Waals surface area contributed by atoms with E-state index in [0.717, 1.165) is 5.56 Å². The van der Waals surface area contributed by atoms with Crippen LogP contribution in [-0.2, 0) is 9.59 Å². The van der Waals surface area contributed by atoms with E-state index in [1.54, 1.807) is 35.5 Å². The topological polar surface area (TPSA) is 156 Å². The predicted octanol–water partition coefficient (Wildman–Crippen LogP) is 5.28. The number of amides is 1. The minimum Gasteiger partial charge on any atom is -0.495 e. The quantitative estimate of drug-likeness (QED) is 0.310. The number of ether oxygens (including phenoxy) is 2. The molecule has 222 valence electrons. The third-order valence-corrected chi connectivity index (χ3v) is 9.40. The molecule has 14 heteroatoms. The van der Waals surface area contributed by atoms with E-state index >= 15 is 0 Å². The number of nitrogens with zero attached hydrogens (tertiary/aromatic N) is 5. The van der Waals surface area contributed by atoms with Gasteiger partial charge in [0.2, 0.25) is 11.0 Å². The first-order chi connectivity index (χ1) is 20.6. The minimum absolute atomic E-state index is 0.0265. The molecular formula is C29H28ClN7O4S2. The molecule has 1 atom stereocenters. The number of thioether (sulfide) groups is 1. The summed E-state index contributed by atoms with van der Waals surface area (Å²) >= 11 is 8.63. The van der Waals surface area contributed by atoms with Gasteiger partial charge in [-0.2, -0.15) is 5.26 Å². The monoisotopic (exact) mass is 637 g/mol. The first-order valence-corrected chi connectivity index (χ1v) is 15.3. The lowest BCUT2D eigenvalue weighted by Crippen LogP contribution is -2.42. The molecule has 0 radical (unpaired) electrons. The van der Waals surface area contributed by atoms with Crippen molar-refractivity contribution in [2.45, 2.75) is 36.9 Å². The molecule has 1 aromatic carbocycles. The number of hydrogen-bond donors (Lipinski definition) is 2. The van der Waals surface area contributed by atoms with Gasteiger partial charge in [0.25, 0.3) is 0 Å². The van der Waals surface area contributed by atoms with Crippen LogP contribution in [0.3, 0.4) is 0 Å². The molecule has 2 aromatic heterocycles. The maximum Gasteiger partial charge on any atom is 0.234 e. The first kappa shape index (κ1) is 30.3. The van der Waals surface area contributed by atoms with Gasteiger partial charge in [-0.05, 0) is 29.5 Å². The maximum absolute atomic E-state index is 13.6. The van der Waals surface area contributed by atoms with Crippen LogP contribution in [-0.4, -0.2) is 46.8 Å². The van der Waals surface area contributed by atoms with E-state index in [0.29, 0.717) is 55.8 Å². The van der Waals surface area contributed by atoms with Gasteiger partial charge in [0, 0.05) is 36.2 Å². The van der Waals surface area contributed by atoms with Gasteiger partial charge in [0.1, 0.15) is 17.3 Å². The largest absolute Gasteiger partial charge is 0.495 e. The lowest BCUT2D eigenvalue weighted by atomic mass is 9.69. The van der Waals surface area contributed by atoms with Crippen molar-refractivity contribution >= 4 is 57.2 Å². The number of allylic oxidation sites excluding steroid dienone is 3. The van der Waals surface area contributed by atoms with Crippen LogP contribution in [0.1, 0.15) is 38.2 Å². The molecule has 2 aliphatic rings. The van der Waals surface area contributed by atoms with Crippen LogP contribution in [0.4, 0.5) is 10.8 Å². The van der Waals surface area contributed by atoms with Crippen LogP contribution in [0, 0.1) is 16.7 Å². The van der Waals surface area contributed by atoms with Gasteiger partial charge < -0.3 is 20.5 Å². The zero-order chi connectivity index (χ0) is 30.9. The van der Waals surface area contributed by atoms with E-state index in [4.69, 9.17) is 26.8 Å². The van der Waals surface area contributed by atoms with E-state index in [9.17, 15) is 14.9 Å².